The van der Waals surface area contributed by atoms with E-state index < -0.39 is 23.8 Å². The second-order valence-electron chi connectivity index (χ2n) is 13.6. The Morgan fingerprint density at radius 3 is 2.02 bits per heavy atom. The summed E-state index contributed by atoms with van der Waals surface area (Å²) in [5, 5.41) is 5.79. The SMILES string of the molecule is CC(C)N(C)C(=O)[C@@H](Cc1ccc(CN(C(C)C)C(C)C)cc1)NC(=O)C[C@@H](NC(=O)OC(C)(C)C)c1ccc2c(c1)OCO2. The van der Waals surface area contributed by atoms with Crippen molar-refractivity contribution in [3.8, 4) is 11.5 Å². The number of nitrogens with zero attached hydrogens (tertiary/aromatic N) is 2. The van der Waals surface area contributed by atoms with Gasteiger partial charge in [0.1, 0.15) is 11.6 Å². The topological polar surface area (TPSA) is 109 Å². The van der Waals surface area contributed by atoms with Crippen LogP contribution in [0.3, 0.4) is 0 Å². The molecule has 0 bridgehead atoms. The van der Waals surface area contributed by atoms with Crippen LogP contribution in [0.4, 0.5) is 4.79 Å². The summed E-state index contributed by atoms with van der Waals surface area (Å²) in [4.78, 5) is 44.0. The molecule has 0 saturated heterocycles. The van der Waals surface area contributed by atoms with Crippen LogP contribution >= 0.6 is 0 Å². The number of carbonyl (C=O) groups excluding carboxylic acids is 3. The number of rotatable bonds is 13. The number of benzene rings is 2. The van der Waals surface area contributed by atoms with E-state index in [1.54, 1.807) is 50.9 Å². The number of hydrogen-bond acceptors (Lipinski definition) is 7. The molecule has 1 heterocycles. The molecular formula is C35H52N4O6. The van der Waals surface area contributed by atoms with Crippen molar-refractivity contribution in [2.75, 3.05) is 13.8 Å². The second kappa shape index (κ2) is 15.5. The number of fused-ring (bicyclic) bond motifs is 1. The average Bonchev–Trinajstić information content (AvgIpc) is 3.42. The number of amides is 3. The first-order valence-electron chi connectivity index (χ1n) is 15.8. The summed E-state index contributed by atoms with van der Waals surface area (Å²) in [5.41, 5.74) is 2.05. The van der Waals surface area contributed by atoms with Crippen molar-refractivity contribution in [1.82, 2.24) is 20.4 Å². The Morgan fingerprint density at radius 1 is 0.844 bits per heavy atom. The van der Waals surface area contributed by atoms with Gasteiger partial charge in [0, 0.05) is 38.1 Å². The van der Waals surface area contributed by atoms with Crippen molar-refractivity contribution in [3.63, 3.8) is 0 Å². The van der Waals surface area contributed by atoms with E-state index in [0.29, 0.717) is 35.6 Å². The molecule has 2 aromatic carbocycles. The number of likely N-dealkylation sites (N-methyl/N-ethyl adjacent to an activating group) is 1. The van der Waals surface area contributed by atoms with Gasteiger partial charge in [-0.25, -0.2) is 4.79 Å². The smallest absolute Gasteiger partial charge is 0.408 e. The van der Waals surface area contributed by atoms with Gasteiger partial charge in [0.2, 0.25) is 18.6 Å². The molecule has 0 unspecified atom stereocenters. The van der Waals surface area contributed by atoms with Crippen LogP contribution in [-0.2, 0) is 27.3 Å². The Hall–Kier alpha value is -3.79. The lowest BCUT2D eigenvalue weighted by molar-refractivity contribution is -0.136. The van der Waals surface area contributed by atoms with Crippen molar-refractivity contribution in [2.24, 2.45) is 0 Å². The molecule has 1 aliphatic rings. The molecule has 3 amide bonds. The maximum atomic E-state index is 13.6. The average molecular weight is 625 g/mol. The van der Waals surface area contributed by atoms with Crippen molar-refractivity contribution >= 4 is 17.9 Å². The summed E-state index contributed by atoms with van der Waals surface area (Å²) < 4.78 is 16.4. The normalized spacial score (nSPS) is 14.1. The van der Waals surface area contributed by atoms with E-state index in [0.717, 1.165) is 12.1 Å². The predicted octanol–water partition coefficient (Wildman–Crippen LogP) is 5.58. The van der Waals surface area contributed by atoms with Crippen LogP contribution in [-0.4, -0.2) is 71.3 Å². The summed E-state index contributed by atoms with van der Waals surface area (Å²) in [5.74, 6) is 0.552. The lowest BCUT2D eigenvalue weighted by atomic mass is 10.00. The molecule has 0 spiro atoms. The Labute approximate surface area is 268 Å². The maximum absolute atomic E-state index is 13.6. The number of hydrogen-bond donors (Lipinski definition) is 2. The van der Waals surface area contributed by atoms with Crippen LogP contribution in [0.15, 0.2) is 42.5 Å². The van der Waals surface area contributed by atoms with Crippen LogP contribution in [0.25, 0.3) is 0 Å². The largest absolute Gasteiger partial charge is 0.454 e. The van der Waals surface area contributed by atoms with Gasteiger partial charge in [-0.05, 0) is 91.1 Å². The fourth-order valence-electron chi connectivity index (χ4n) is 5.16. The fourth-order valence-corrected chi connectivity index (χ4v) is 5.16. The summed E-state index contributed by atoms with van der Waals surface area (Å²) in [7, 11) is 1.74. The highest BCUT2D eigenvalue weighted by Gasteiger charge is 2.29. The van der Waals surface area contributed by atoms with Gasteiger partial charge in [0.25, 0.3) is 0 Å². The van der Waals surface area contributed by atoms with Gasteiger partial charge in [-0.1, -0.05) is 30.3 Å². The molecule has 2 N–H and O–H groups in total. The van der Waals surface area contributed by atoms with Gasteiger partial charge in [-0.2, -0.15) is 0 Å². The summed E-state index contributed by atoms with van der Waals surface area (Å²) in [6.07, 6.45) is -0.444. The van der Waals surface area contributed by atoms with E-state index in [-0.39, 0.29) is 31.1 Å². The van der Waals surface area contributed by atoms with Crippen LogP contribution in [0, 0.1) is 0 Å². The molecule has 0 fully saturated rings. The highest BCUT2D eigenvalue weighted by Crippen LogP contribution is 2.35. The molecule has 2 atom stereocenters. The van der Waals surface area contributed by atoms with Crippen molar-refractivity contribution in [3.05, 3.63) is 59.2 Å². The van der Waals surface area contributed by atoms with E-state index in [1.165, 1.54) is 5.56 Å². The maximum Gasteiger partial charge on any atom is 0.408 e. The number of alkyl carbamates (subject to hydrolysis) is 1. The first-order chi connectivity index (χ1) is 21.0. The molecule has 248 valence electrons. The third-order valence-electron chi connectivity index (χ3n) is 7.79. The molecule has 2 aromatic rings. The van der Waals surface area contributed by atoms with Crippen LogP contribution in [0.2, 0.25) is 0 Å². The van der Waals surface area contributed by atoms with Crippen molar-refractivity contribution in [2.45, 2.75) is 118 Å². The summed E-state index contributed by atoms with van der Waals surface area (Å²) >= 11 is 0. The van der Waals surface area contributed by atoms with E-state index >= 15 is 0 Å². The van der Waals surface area contributed by atoms with Crippen molar-refractivity contribution in [1.29, 1.82) is 0 Å². The predicted molar refractivity (Wildman–Crippen MR) is 175 cm³/mol. The first-order valence-corrected chi connectivity index (χ1v) is 15.8. The minimum absolute atomic E-state index is 0.0486. The third-order valence-corrected chi connectivity index (χ3v) is 7.79. The lowest BCUT2D eigenvalue weighted by Crippen LogP contribution is -2.51. The van der Waals surface area contributed by atoms with E-state index in [4.69, 9.17) is 14.2 Å². The molecule has 0 aromatic heterocycles. The number of ether oxygens (including phenoxy) is 3. The molecular weight excluding hydrogens is 572 g/mol. The van der Waals surface area contributed by atoms with Crippen LogP contribution in [0.1, 0.15) is 91.5 Å². The van der Waals surface area contributed by atoms with E-state index in [1.807, 2.05) is 26.0 Å². The first kappa shape index (κ1) is 35.7. The molecule has 0 radical (unpaired) electrons. The Kier molecular flexibility index (Phi) is 12.3. The number of carbonyl (C=O) groups is 3. The van der Waals surface area contributed by atoms with Gasteiger partial charge >= 0.3 is 6.09 Å². The molecule has 1 aliphatic heterocycles. The van der Waals surface area contributed by atoms with Crippen LogP contribution < -0.4 is 20.1 Å². The van der Waals surface area contributed by atoms with Gasteiger partial charge in [-0.15, -0.1) is 0 Å². The van der Waals surface area contributed by atoms with Gasteiger partial charge < -0.3 is 29.7 Å². The lowest BCUT2D eigenvalue weighted by Gasteiger charge is -2.30. The highest BCUT2D eigenvalue weighted by atomic mass is 16.7. The zero-order chi connectivity index (χ0) is 33.5. The minimum Gasteiger partial charge on any atom is -0.454 e. The molecule has 0 aliphatic carbocycles. The summed E-state index contributed by atoms with van der Waals surface area (Å²) in [6.45, 7) is 18.9. The van der Waals surface area contributed by atoms with E-state index in [2.05, 4.69) is 55.4 Å². The Bertz CT molecular complexity index is 1290. The zero-order valence-corrected chi connectivity index (χ0v) is 28.6. The molecule has 10 nitrogen and oxygen atoms in total. The van der Waals surface area contributed by atoms with Gasteiger partial charge in [-0.3, -0.25) is 14.5 Å². The molecule has 3 rings (SSSR count). The van der Waals surface area contributed by atoms with Gasteiger partial charge in [0.05, 0.1) is 12.5 Å². The van der Waals surface area contributed by atoms with Crippen LogP contribution in [0.5, 0.6) is 11.5 Å². The third kappa shape index (κ3) is 10.7. The van der Waals surface area contributed by atoms with Crippen molar-refractivity contribution < 1.29 is 28.6 Å². The molecule has 10 heteroatoms. The Balaban J connectivity index is 1.80. The minimum atomic E-state index is -0.794. The monoisotopic (exact) mass is 624 g/mol. The Morgan fingerprint density at radius 2 is 1.44 bits per heavy atom. The quantitative estimate of drug-likeness (QED) is 0.299. The number of nitrogens with one attached hydrogen (secondary N) is 2. The zero-order valence-electron chi connectivity index (χ0n) is 28.6. The summed E-state index contributed by atoms with van der Waals surface area (Å²) in [6, 6.07) is 12.7. The second-order valence-corrected chi connectivity index (χ2v) is 13.6. The highest BCUT2D eigenvalue weighted by molar-refractivity contribution is 5.88. The molecule has 45 heavy (non-hydrogen) atoms. The van der Waals surface area contributed by atoms with Gasteiger partial charge in [0.15, 0.2) is 11.5 Å². The molecule has 0 saturated carbocycles. The fraction of sp³-hybridized carbons (Fsp3) is 0.571. The van der Waals surface area contributed by atoms with E-state index in [9.17, 15) is 14.4 Å². The standard InChI is InChI=1S/C35H52N4O6/c1-22(2)38(10)33(41)29(17-25-11-13-26(14-12-25)20-39(23(3)4)24(5)6)36-32(40)19-28(37-34(42)45-35(7,8)9)27-15-16-30-31(18-27)44-21-43-30/h11-16,18,22-24,28-29H,17,19-21H2,1-10H3,(H,36,40)(H,37,42)/t28-,29-/m1/s1.